The van der Waals surface area contributed by atoms with Crippen LogP contribution in [0, 0.1) is 11.3 Å². The van der Waals surface area contributed by atoms with E-state index >= 15 is 0 Å². The van der Waals surface area contributed by atoms with Crippen molar-refractivity contribution in [1.29, 1.82) is 5.26 Å². The van der Waals surface area contributed by atoms with Crippen molar-refractivity contribution < 1.29 is 9.53 Å². The van der Waals surface area contributed by atoms with E-state index in [2.05, 4.69) is 5.32 Å². The Bertz CT molecular complexity index is 441. The van der Waals surface area contributed by atoms with Crippen LogP contribution in [0.1, 0.15) is 18.9 Å². The number of rotatable bonds is 5. The van der Waals surface area contributed by atoms with E-state index in [1.54, 1.807) is 12.1 Å². The molecule has 1 aromatic carbocycles. The Balaban J connectivity index is 2.52. The lowest BCUT2D eigenvalue weighted by Gasteiger charge is -2.08. The van der Waals surface area contributed by atoms with Gasteiger partial charge in [0.15, 0.2) is 6.61 Å². The number of carbonyl (C=O) groups excluding carboxylic acids is 1. The normalized spacial score (nSPS) is 9.47. The summed E-state index contributed by atoms with van der Waals surface area (Å²) in [6, 6.07) is 6.64. The molecule has 0 aliphatic carbocycles. The highest BCUT2D eigenvalue weighted by molar-refractivity contribution is 6.32. The molecule has 0 saturated carbocycles. The molecule has 0 aromatic heterocycles. The molecule has 0 aliphatic rings. The van der Waals surface area contributed by atoms with Crippen LogP contribution >= 0.6 is 11.6 Å². The summed E-state index contributed by atoms with van der Waals surface area (Å²) in [6.07, 6.45) is 0.878. The number of nitrogens with one attached hydrogen (secondary N) is 1. The van der Waals surface area contributed by atoms with Gasteiger partial charge in [-0.15, -0.1) is 0 Å². The molecular formula is C12H13ClN2O2. The Kier molecular flexibility index (Phi) is 5.31. The van der Waals surface area contributed by atoms with Crippen LogP contribution in [0.3, 0.4) is 0 Å². The van der Waals surface area contributed by atoms with Crippen molar-refractivity contribution in [3.8, 4) is 11.8 Å². The Morgan fingerprint density at radius 3 is 2.94 bits per heavy atom. The predicted octanol–water partition coefficient (Wildman–Crippen LogP) is 2.12. The summed E-state index contributed by atoms with van der Waals surface area (Å²) in [5, 5.41) is 11.7. The van der Waals surface area contributed by atoms with Gasteiger partial charge < -0.3 is 10.1 Å². The molecule has 17 heavy (non-hydrogen) atoms. The van der Waals surface area contributed by atoms with Crippen LogP contribution in [0.25, 0.3) is 0 Å². The molecule has 0 saturated heterocycles. The third-order valence-corrected chi connectivity index (χ3v) is 2.29. The topological polar surface area (TPSA) is 62.1 Å². The number of amides is 1. The van der Waals surface area contributed by atoms with E-state index < -0.39 is 0 Å². The van der Waals surface area contributed by atoms with E-state index in [0.717, 1.165) is 6.42 Å². The zero-order valence-corrected chi connectivity index (χ0v) is 10.3. The van der Waals surface area contributed by atoms with Gasteiger partial charge in [-0.3, -0.25) is 4.79 Å². The molecule has 90 valence electrons. The first-order valence-corrected chi connectivity index (χ1v) is 5.64. The molecule has 0 radical (unpaired) electrons. The van der Waals surface area contributed by atoms with E-state index in [-0.39, 0.29) is 12.5 Å². The van der Waals surface area contributed by atoms with Gasteiger partial charge in [0.05, 0.1) is 16.7 Å². The second-order valence-corrected chi connectivity index (χ2v) is 3.80. The molecule has 0 atom stereocenters. The van der Waals surface area contributed by atoms with Crippen LogP contribution in [0.5, 0.6) is 5.75 Å². The van der Waals surface area contributed by atoms with Crippen LogP contribution in [0.2, 0.25) is 5.02 Å². The SMILES string of the molecule is CCCNC(=O)COc1ccc(C#N)cc1Cl. The second-order valence-electron chi connectivity index (χ2n) is 3.40. The van der Waals surface area contributed by atoms with Crippen molar-refractivity contribution in [2.75, 3.05) is 13.2 Å². The highest BCUT2D eigenvalue weighted by atomic mass is 35.5. The maximum atomic E-state index is 11.3. The molecule has 4 nitrogen and oxygen atoms in total. The molecule has 0 unspecified atom stereocenters. The molecule has 0 aliphatic heterocycles. The third kappa shape index (κ3) is 4.33. The quantitative estimate of drug-likeness (QED) is 0.873. The van der Waals surface area contributed by atoms with Crippen LogP contribution in [0.15, 0.2) is 18.2 Å². The van der Waals surface area contributed by atoms with Gasteiger partial charge in [0.2, 0.25) is 0 Å². The fourth-order valence-electron chi connectivity index (χ4n) is 1.15. The van der Waals surface area contributed by atoms with Gasteiger partial charge in [0.25, 0.3) is 5.91 Å². The monoisotopic (exact) mass is 252 g/mol. The Morgan fingerprint density at radius 1 is 1.59 bits per heavy atom. The first kappa shape index (κ1) is 13.3. The highest BCUT2D eigenvalue weighted by Crippen LogP contribution is 2.24. The summed E-state index contributed by atoms with van der Waals surface area (Å²) in [5.74, 6) is 0.213. The van der Waals surface area contributed by atoms with Gasteiger partial charge in [-0.1, -0.05) is 18.5 Å². The molecule has 1 amide bonds. The van der Waals surface area contributed by atoms with Gasteiger partial charge in [0, 0.05) is 6.54 Å². The Labute approximate surface area is 105 Å². The Hall–Kier alpha value is -1.73. The molecule has 1 N–H and O–H groups in total. The minimum atomic E-state index is -0.188. The molecule has 1 rings (SSSR count). The van der Waals surface area contributed by atoms with Crippen molar-refractivity contribution in [1.82, 2.24) is 5.32 Å². The van der Waals surface area contributed by atoms with E-state index in [9.17, 15) is 4.79 Å². The number of hydrogen-bond donors (Lipinski definition) is 1. The van der Waals surface area contributed by atoms with E-state index in [1.165, 1.54) is 6.07 Å². The summed E-state index contributed by atoms with van der Waals surface area (Å²) in [4.78, 5) is 11.3. The van der Waals surface area contributed by atoms with Crippen molar-refractivity contribution >= 4 is 17.5 Å². The van der Waals surface area contributed by atoms with Crippen LogP contribution < -0.4 is 10.1 Å². The van der Waals surface area contributed by atoms with Crippen molar-refractivity contribution in [3.63, 3.8) is 0 Å². The number of ether oxygens (including phenoxy) is 1. The maximum absolute atomic E-state index is 11.3. The minimum absolute atomic E-state index is 0.0778. The van der Waals surface area contributed by atoms with Crippen molar-refractivity contribution in [2.24, 2.45) is 0 Å². The molecule has 0 fully saturated rings. The van der Waals surface area contributed by atoms with E-state index in [0.29, 0.717) is 22.9 Å². The minimum Gasteiger partial charge on any atom is -0.482 e. The number of nitrogens with zero attached hydrogens (tertiary/aromatic N) is 1. The summed E-state index contributed by atoms with van der Waals surface area (Å²) >= 11 is 5.89. The highest BCUT2D eigenvalue weighted by Gasteiger charge is 2.06. The molecule has 1 aromatic rings. The number of nitriles is 1. The lowest BCUT2D eigenvalue weighted by Crippen LogP contribution is -2.29. The van der Waals surface area contributed by atoms with Crippen molar-refractivity contribution in [2.45, 2.75) is 13.3 Å². The van der Waals surface area contributed by atoms with Gasteiger partial charge in [-0.05, 0) is 24.6 Å². The third-order valence-electron chi connectivity index (χ3n) is 1.99. The zero-order chi connectivity index (χ0) is 12.7. The summed E-state index contributed by atoms with van der Waals surface area (Å²) in [7, 11) is 0. The lowest BCUT2D eigenvalue weighted by atomic mass is 10.2. The van der Waals surface area contributed by atoms with Crippen LogP contribution in [0.4, 0.5) is 0 Å². The van der Waals surface area contributed by atoms with E-state index in [4.69, 9.17) is 21.6 Å². The summed E-state index contributed by atoms with van der Waals surface area (Å²) in [6.45, 7) is 2.52. The average molecular weight is 253 g/mol. The van der Waals surface area contributed by atoms with Gasteiger partial charge in [-0.2, -0.15) is 5.26 Å². The van der Waals surface area contributed by atoms with Gasteiger partial charge in [-0.25, -0.2) is 0 Å². The zero-order valence-electron chi connectivity index (χ0n) is 9.50. The maximum Gasteiger partial charge on any atom is 0.257 e. The largest absolute Gasteiger partial charge is 0.482 e. The van der Waals surface area contributed by atoms with Gasteiger partial charge in [0.1, 0.15) is 5.75 Å². The molecule has 0 heterocycles. The average Bonchev–Trinajstić information content (AvgIpc) is 2.34. The fraction of sp³-hybridized carbons (Fsp3) is 0.333. The van der Waals surface area contributed by atoms with Gasteiger partial charge >= 0.3 is 0 Å². The van der Waals surface area contributed by atoms with Crippen molar-refractivity contribution in [3.05, 3.63) is 28.8 Å². The van der Waals surface area contributed by atoms with Crippen LogP contribution in [-0.2, 0) is 4.79 Å². The summed E-state index contributed by atoms with van der Waals surface area (Å²) in [5.41, 5.74) is 0.456. The van der Waals surface area contributed by atoms with Crippen LogP contribution in [-0.4, -0.2) is 19.1 Å². The Morgan fingerprint density at radius 2 is 2.35 bits per heavy atom. The number of hydrogen-bond acceptors (Lipinski definition) is 3. The fourth-order valence-corrected chi connectivity index (χ4v) is 1.38. The number of carbonyl (C=O) groups is 1. The molecule has 0 spiro atoms. The standard InChI is InChI=1S/C12H13ClN2O2/c1-2-5-15-12(16)8-17-11-4-3-9(7-14)6-10(11)13/h3-4,6H,2,5,8H2,1H3,(H,15,16). The first-order valence-electron chi connectivity index (χ1n) is 5.26. The molecular weight excluding hydrogens is 240 g/mol. The first-order chi connectivity index (χ1) is 8.17. The molecule has 0 bridgehead atoms. The smallest absolute Gasteiger partial charge is 0.257 e. The predicted molar refractivity (Wildman–Crippen MR) is 65.0 cm³/mol. The lowest BCUT2D eigenvalue weighted by molar-refractivity contribution is -0.123. The van der Waals surface area contributed by atoms with E-state index in [1.807, 2.05) is 13.0 Å². The summed E-state index contributed by atoms with van der Waals surface area (Å²) < 4.78 is 5.24. The molecule has 5 heteroatoms. The number of benzene rings is 1. The second kappa shape index (κ2) is 6.77. The number of halogens is 1.